The van der Waals surface area contributed by atoms with Gasteiger partial charge in [0, 0.05) is 25.1 Å². The Morgan fingerprint density at radius 2 is 2.11 bits per heavy atom. The molecule has 0 bridgehead atoms. The molecule has 2 aromatic heterocycles. The summed E-state index contributed by atoms with van der Waals surface area (Å²) in [5, 5.41) is 3.05. The van der Waals surface area contributed by atoms with E-state index in [-0.39, 0.29) is 41.4 Å². The Balaban J connectivity index is 0.00000210. The van der Waals surface area contributed by atoms with Crippen LogP contribution >= 0.6 is 12.4 Å². The van der Waals surface area contributed by atoms with Crippen molar-refractivity contribution in [3.05, 3.63) is 39.8 Å². The Hall–Kier alpha value is -2.13. The van der Waals surface area contributed by atoms with Gasteiger partial charge in [0.25, 0.3) is 0 Å². The third-order valence-electron chi connectivity index (χ3n) is 4.72. The fraction of sp³-hybridized carbons (Fsp3) is 0.412. The van der Waals surface area contributed by atoms with E-state index < -0.39 is 28.8 Å². The summed E-state index contributed by atoms with van der Waals surface area (Å²) >= 11 is 0. The first-order valence-electron chi connectivity index (χ1n) is 8.25. The van der Waals surface area contributed by atoms with Crippen LogP contribution < -0.4 is 10.7 Å². The van der Waals surface area contributed by atoms with Crippen molar-refractivity contribution < 1.29 is 22.0 Å². The molecule has 1 aliphatic rings. The number of rotatable bonds is 2. The van der Waals surface area contributed by atoms with Gasteiger partial charge in [-0.25, -0.2) is 9.37 Å². The minimum absolute atomic E-state index is 0. The highest BCUT2D eigenvalue weighted by molar-refractivity contribution is 6.01. The number of alkyl halides is 3. The molecule has 0 amide bonds. The van der Waals surface area contributed by atoms with E-state index >= 15 is 0 Å². The highest BCUT2D eigenvalue weighted by Gasteiger charge is 2.38. The second kappa shape index (κ2) is 6.79. The van der Waals surface area contributed by atoms with Gasteiger partial charge in [-0.05, 0) is 26.0 Å². The monoisotopic (exact) mass is 405 g/mol. The quantitative estimate of drug-likeness (QED) is 0.658. The van der Waals surface area contributed by atoms with Gasteiger partial charge in [0.1, 0.15) is 16.8 Å². The zero-order valence-corrected chi connectivity index (χ0v) is 15.0. The van der Waals surface area contributed by atoms with Crippen LogP contribution in [0.15, 0.2) is 21.3 Å². The van der Waals surface area contributed by atoms with Gasteiger partial charge in [-0.2, -0.15) is 13.2 Å². The lowest BCUT2D eigenvalue weighted by Gasteiger charge is -2.11. The molecule has 3 aromatic rings. The van der Waals surface area contributed by atoms with Crippen LogP contribution in [0.5, 0.6) is 0 Å². The maximum absolute atomic E-state index is 14.4. The molecule has 1 atom stereocenters. The molecule has 146 valence electrons. The molecule has 3 heterocycles. The fourth-order valence-electron chi connectivity index (χ4n) is 3.50. The summed E-state index contributed by atoms with van der Waals surface area (Å²) in [4.78, 5) is 15.9. The molecule has 0 saturated carbocycles. The predicted octanol–water partition coefficient (Wildman–Crippen LogP) is 3.82. The van der Waals surface area contributed by atoms with Crippen molar-refractivity contribution in [3.8, 4) is 0 Å². The second-order valence-electron chi connectivity index (χ2n) is 6.31. The molecular formula is C17H16ClF4N3O2. The highest BCUT2D eigenvalue weighted by Crippen LogP contribution is 2.36. The number of imidazole rings is 1. The SMILES string of the molecule is CCn1c(C(F)(F)F)nc2c(F)cc3c(=O)cc(C4CCNC4)oc3c21.Cl. The lowest BCUT2D eigenvalue weighted by molar-refractivity contribution is -0.146. The average Bonchev–Trinajstić information content (AvgIpc) is 3.23. The summed E-state index contributed by atoms with van der Waals surface area (Å²) in [5.74, 6) is -1.85. The Morgan fingerprint density at radius 3 is 2.70 bits per heavy atom. The Bertz CT molecular complexity index is 1070. The number of halogens is 5. The predicted molar refractivity (Wildman–Crippen MR) is 93.9 cm³/mol. The molecule has 1 N–H and O–H groups in total. The van der Waals surface area contributed by atoms with Gasteiger partial charge in [-0.15, -0.1) is 12.4 Å². The second-order valence-corrected chi connectivity index (χ2v) is 6.31. The summed E-state index contributed by atoms with van der Waals surface area (Å²) in [6, 6.07) is 2.19. The molecule has 0 radical (unpaired) electrons. The number of nitrogens with one attached hydrogen (secondary N) is 1. The lowest BCUT2D eigenvalue weighted by Crippen LogP contribution is -2.14. The standard InChI is InChI=1S/C17H15F4N3O2.ClH/c1-2-24-14-13(23-16(24)17(19,20)21)10(18)5-9-11(25)6-12(26-15(9)14)8-3-4-22-7-8;/h5-6,8,22H,2-4,7H2,1H3;1H. The molecular weight excluding hydrogens is 390 g/mol. The maximum atomic E-state index is 14.4. The van der Waals surface area contributed by atoms with Gasteiger partial charge in [-0.3, -0.25) is 4.79 Å². The van der Waals surface area contributed by atoms with Crippen LogP contribution in [-0.2, 0) is 12.7 Å². The molecule has 1 aromatic carbocycles. The first-order valence-corrected chi connectivity index (χ1v) is 8.25. The number of nitrogens with zero attached hydrogens (tertiary/aromatic N) is 2. The van der Waals surface area contributed by atoms with Gasteiger partial charge >= 0.3 is 6.18 Å². The summed E-state index contributed by atoms with van der Waals surface area (Å²) < 4.78 is 61.0. The molecule has 10 heteroatoms. The minimum atomic E-state index is -4.75. The molecule has 0 aliphatic carbocycles. The molecule has 1 aliphatic heterocycles. The van der Waals surface area contributed by atoms with Crippen LogP contribution in [0.3, 0.4) is 0 Å². The summed E-state index contributed by atoms with van der Waals surface area (Å²) in [6.45, 7) is 2.77. The Labute approximate surface area is 156 Å². The van der Waals surface area contributed by atoms with E-state index in [0.717, 1.165) is 23.6 Å². The number of hydrogen-bond acceptors (Lipinski definition) is 4. The molecule has 5 nitrogen and oxygen atoms in total. The zero-order chi connectivity index (χ0) is 18.6. The van der Waals surface area contributed by atoms with Gasteiger partial charge < -0.3 is 14.3 Å². The molecule has 1 saturated heterocycles. The van der Waals surface area contributed by atoms with Gasteiger partial charge in [0.2, 0.25) is 5.82 Å². The van der Waals surface area contributed by atoms with Crippen LogP contribution in [0, 0.1) is 5.82 Å². The Morgan fingerprint density at radius 1 is 1.37 bits per heavy atom. The summed E-state index contributed by atoms with van der Waals surface area (Å²) in [5.41, 5.74) is -1.12. The van der Waals surface area contributed by atoms with Crippen molar-refractivity contribution >= 4 is 34.4 Å². The van der Waals surface area contributed by atoms with E-state index in [4.69, 9.17) is 4.42 Å². The maximum Gasteiger partial charge on any atom is 0.449 e. The summed E-state index contributed by atoms with van der Waals surface area (Å²) in [7, 11) is 0. The van der Waals surface area contributed by atoms with E-state index in [1.807, 2.05) is 0 Å². The van der Waals surface area contributed by atoms with Crippen LogP contribution in [0.2, 0.25) is 0 Å². The van der Waals surface area contributed by atoms with Crippen molar-refractivity contribution in [2.45, 2.75) is 32.0 Å². The first-order chi connectivity index (χ1) is 12.3. The van der Waals surface area contributed by atoms with Crippen LogP contribution in [0.25, 0.3) is 22.0 Å². The third kappa shape index (κ3) is 3.08. The normalized spacial score (nSPS) is 17.6. The fourth-order valence-corrected chi connectivity index (χ4v) is 3.50. The number of benzene rings is 1. The Kier molecular flexibility index (Phi) is 4.94. The number of aromatic nitrogens is 2. The molecule has 1 fully saturated rings. The van der Waals surface area contributed by atoms with Gasteiger partial charge in [-0.1, -0.05) is 0 Å². The van der Waals surface area contributed by atoms with E-state index in [9.17, 15) is 22.4 Å². The van der Waals surface area contributed by atoms with E-state index in [2.05, 4.69) is 10.3 Å². The van der Waals surface area contributed by atoms with Gasteiger partial charge in [0.15, 0.2) is 16.8 Å². The van der Waals surface area contributed by atoms with Crippen molar-refractivity contribution in [3.63, 3.8) is 0 Å². The minimum Gasteiger partial charge on any atom is -0.458 e. The molecule has 4 rings (SSSR count). The smallest absolute Gasteiger partial charge is 0.449 e. The molecule has 0 spiro atoms. The van der Waals surface area contributed by atoms with Crippen molar-refractivity contribution in [2.24, 2.45) is 0 Å². The topological polar surface area (TPSA) is 60.1 Å². The van der Waals surface area contributed by atoms with Crippen molar-refractivity contribution in [1.82, 2.24) is 14.9 Å². The van der Waals surface area contributed by atoms with E-state index in [1.54, 1.807) is 0 Å². The van der Waals surface area contributed by atoms with Gasteiger partial charge in [0.05, 0.1) is 5.39 Å². The van der Waals surface area contributed by atoms with Crippen LogP contribution in [0.1, 0.15) is 30.8 Å². The van der Waals surface area contributed by atoms with Crippen LogP contribution in [0.4, 0.5) is 17.6 Å². The van der Waals surface area contributed by atoms with Crippen molar-refractivity contribution in [2.75, 3.05) is 13.1 Å². The highest BCUT2D eigenvalue weighted by atomic mass is 35.5. The van der Waals surface area contributed by atoms with Crippen molar-refractivity contribution in [1.29, 1.82) is 0 Å². The number of aryl methyl sites for hydroxylation is 1. The summed E-state index contributed by atoms with van der Waals surface area (Å²) in [6.07, 6.45) is -4.00. The third-order valence-corrected chi connectivity index (χ3v) is 4.72. The molecule has 27 heavy (non-hydrogen) atoms. The van der Waals surface area contributed by atoms with Crippen LogP contribution in [-0.4, -0.2) is 22.6 Å². The largest absolute Gasteiger partial charge is 0.458 e. The number of hydrogen-bond donors (Lipinski definition) is 1. The first kappa shape index (κ1) is 19.6. The lowest BCUT2D eigenvalue weighted by atomic mass is 10.0. The average molecular weight is 406 g/mol. The zero-order valence-electron chi connectivity index (χ0n) is 14.2. The van der Waals surface area contributed by atoms with E-state index in [0.29, 0.717) is 12.3 Å². The van der Waals surface area contributed by atoms with E-state index in [1.165, 1.54) is 13.0 Å². The number of fused-ring (bicyclic) bond motifs is 3. The molecule has 1 unspecified atom stereocenters.